The maximum absolute atomic E-state index is 12.0. The fourth-order valence-corrected chi connectivity index (χ4v) is 3.46. The lowest BCUT2D eigenvalue weighted by Crippen LogP contribution is -2.46. The quantitative estimate of drug-likeness (QED) is 0.768. The second kappa shape index (κ2) is 6.87. The number of rotatable bonds is 5. The molecule has 0 aromatic carbocycles. The summed E-state index contributed by atoms with van der Waals surface area (Å²) in [5.74, 6) is 0.422. The number of likely N-dealkylation sites (tertiary alicyclic amines) is 2. The Morgan fingerprint density at radius 3 is 2.55 bits per heavy atom. The summed E-state index contributed by atoms with van der Waals surface area (Å²) in [6.07, 6.45) is 5.83. The zero-order valence-electron chi connectivity index (χ0n) is 12.2. The van der Waals surface area contributed by atoms with Gasteiger partial charge >= 0.3 is 0 Å². The summed E-state index contributed by atoms with van der Waals surface area (Å²) in [5.41, 5.74) is 0. The molecule has 0 aromatic heterocycles. The van der Waals surface area contributed by atoms with Crippen LogP contribution in [-0.2, 0) is 14.8 Å². The van der Waals surface area contributed by atoms with E-state index in [4.69, 9.17) is 0 Å². The number of carbonyl (C=O) groups is 1. The highest BCUT2D eigenvalue weighted by molar-refractivity contribution is 7.88. The molecule has 1 atom stereocenters. The number of hydrogen-bond donors (Lipinski definition) is 1. The predicted octanol–water partition coefficient (Wildman–Crippen LogP) is -0.130. The van der Waals surface area contributed by atoms with Crippen LogP contribution in [0.4, 0.5) is 0 Å². The van der Waals surface area contributed by atoms with Gasteiger partial charge in [-0.05, 0) is 44.7 Å². The molecule has 0 aliphatic carbocycles. The lowest BCUT2D eigenvalue weighted by atomic mass is 9.97. The number of nitrogens with one attached hydrogen (secondary N) is 1. The molecule has 20 heavy (non-hydrogen) atoms. The number of amides is 1. The number of piperidine rings is 1. The van der Waals surface area contributed by atoms with E-state index in [0.717, 1.165) is 32.3 Å². The molecule has 116 valence electrons. The van der Waals surface area contributed by atoms with Gasteiger partial charge in [-0.15, -0.1) is 0 Å². The Kier molecular flexibility index (Phi) is 5.40. The molecule has 0 radical (unpaired) electrons. The van der Waals surface area contributed by atoms with E-state index in [0.29, 0.717) is 5.92 Å². The highest BCUT2D eigenvalue weighted by Crippen LogP contribution is 2.19. The van der Waals surface area contributed by atoms with E-state index < -0.39 is 10.0 Å². The van der Waals surface area contributed by atoms with Gasteiger partial charge in [0.25, 0.3) is 0 Å². The fraction of sp³-hybridized carbons (Fsp3) is 0.923. The van der Waals surface area contributed by atoms with Gasteiger partial charge in [-0.25, -0.2) is 13.1 Å². The van der Waals surface area contributed by atoms with E-state index in [2.05, 4.69) is 9.62 Å². The molecule has 1 amide bonds. The average molecular weight is 303 g/mol. The topological polar surface area (TPSA) is 69.7 Å². The van der Waals surface area contributed by atoms with Crippen molar-refractivity contribution in [2.24, 2.45) is 5.92 Å². The second-order valence-electron chi connectivity index (χ2n) is 5.95. The van der Waals surface area contributed by atoms with Crippen molar-refractivity contribution >= 4 is 15.9 Å². The lowest BCUT2D eigenvalue weighted by molar-refractivity contribution is -0.131. The largest absolute Gasteiger partial charge is 0.341 e. The van der Waals surface area contributed by atoms with Crippen LogP contribution < -0.4 is 4.72 Å². The van der Waals surface area contributed by atoms with E-state index in [1.54, 1.807) is 0 Å². The Morgan fingerprint density at radius 1 is 1.20 bits per heavy atom. The Balaban J connectivity index is 1.78. The van der Waals surface area contributed by atoms with Crippen LogP contribution in [0, 0.1) is 5.92 Å². The zero-order chi connectivity index (χ0) is 14.6. The average Bonchev–Trinajstić information content (AvgIpc) is 2.88. The number of sulfonamides is 1. The van der Waals surface area contributed by atoms with E-state index in [1.807, 2.05) is 4.90 Å². The summed E-state index contributed by atoms with van der Waals surface area (Å²) in [7, 11) is -3.30. The standard InChI is InChI=1S/C13H25N3O3S/c1-20(18,19)14-9-13(17)16-8-4-5-12(11-16)10-15-6-2-3-7-15/h12,14H,2-11H2,1H3/t12-/m0/s1. The van der Waals surface area contributed by atoms with Gasteiger partial charge in [0.2, 0.25) is 15.9 Å². The van der Waals surface area contributed by atoms with Crippen molar-refractivity contribution in [1.29, 1.82) is 0 Å². The van der Waals surface area contributed by atoms with Crippen LogP contribution in [0.25, 0.3) is 0 Å². The van der Waals surface area contributed by atoms with Gasteiger partial charge in [0.1, 0.15) is 0 Å². The summed E-state index contributed by atoms with van der Waals surface area (Å²) in [6, 6.07) is 0. The minimum Gasteiger partial charge on any atom is -0.341 e. The molecule has 2 aliphatic rings. The first kappa shape index (κ1) is 15.7. The molecule has 2 heterocycles. The fourth-order valence-electron chi connectivity index (χ4n) is 3.08. The van der Waals surface area contributed by atoms with Crippen LogP contribution in [-0.4, -0.2) is 69.6 Å². The molecule has 2 aliphatic heterocycles. The smallest absolute Gasteiger partial charge is 0.237 e. The molecule has 0 saturated carbocycles. The number of nitrogens with zero attached hydrogens (tertiary/aromatic N) is 2. The van der Waals surface area contributed by atoms with Gasteiger partial charge in [0, 0.05) is 19.6 Å². The van der Waals surface area contributed by atoms with Crippen molar-refractivity contribution in [3.63, 3.8) is 0 Å². The Labute approximate surface area is 121 Å². The maximum atomic E-state index is 12.0. The van der Waals surface area contributed by atoms with Gasteiger partial charge in [-0.2, -0.15) is 0 Å². The van der Waals surface area contributed by atoms with E-state index in [9.17, 15) is 13.2 Å². The molecule has 2 rings (SSSR count). The molecule has 2 fully saturated rings. The Bertz CT molecular complexity index is 432. The molecule has 0 bridgehead atoms. The van der Waals surface area contributed by atoms with Gasteiger partial charge in [0.05, 0.1) is 12.8 Å². The SMILES string of the molecule is CS(=O)(=O)NCC(=O)N1CCC[C@@H](CN2CCCC2)C1. The third-order valence-electron chi connectivity index (χ3n) is 4.07. The first-order valence-corrected chi connectivity index (χ1v) is 9.28. The van der Waals surface area contributed by atoms with Crippen LogP contribution in [0.2, 0.25) is 0 Å². The predicted molar refractivity (Wildman–Crippen MR) is 77.8 cm³/mol. The van der Waals surface area contributed by atoms with Crippen molar-refractivity contribution in [3.05, 3.63) is 0 Å². The molecule has 0 unspecified atom stereocenters. The molecule has 6 nitrogen and oxygen atoms in total. The molecular weight excluding hydrogens is 278 g/mol. The second-order valence-corrected chi connectivity index (χ2v) is 7.78. The van der Waals surface area contributed by atoms with Crippen LogP contribution >= 0.6 is 0 Å². The van der Waals surface area contributed by atoms with Crippen molar-refractivity contribution in [2.75, 3.05) is 45.5 Å². The summed E-state index contributed by atoms with van der Waals surface area (Å²) in [5, 5.41) is 0. The minimum absolute atomic E-state index is 0.110. The third-order valence-corrected chi connectivity index (χ3v) is 4.74. The summed E-state index contributed by atoms with van der Waals surface area (Å²) < 4.78 is 24.3. The van der Waals surface area contributed by atoms with Crippen molar-refractivity contribution in [3.8, 4) is 0 Å². The Hall–Kier alpha value is -0.660. The van der Waals surface area contributed by atoms with Crippen LogP contribution in [0.15, 0.2) is 0 Å². The molecule has 0 spiro atoms. The molecule has 1 N–H and O–H groups in total. The maximum Gasteiger partial charge on any atom is 0.237 e. The first-order chi connectivity index (χ1) is 9.44. The van der Waals surface area contributed by atoms with Gasteiger partial charge in [-0.1, -0.05) is 0 Å². The van der Waals surface area contributed by atoms with Gasteiger partial charge < -0.3 is 9.80 Å². The highest BCUT2D eigenvalue weighted by Gasteiger charge is 2.26. The minimum atomic E-state index is -3.30. The number of carbonyl (C=O) groups excluding carboxylic acids is 1. The molecule has 2 saturated heterocycles. The van der Waals surface area contributed by atoms with Crippen molar-refractivity contribution in [2.45, 2.75) is 25.7 Å². The number of hydrogen-bond acceptors (Lipinski definition) is 4. The lowest BCUT2D eigenvalue weighted by Gasteiger charge is -2.34. The normalized spacial score (nSPS) is 25.1. The van der Waals surface area contributed by atoms with Gasteiger partial charge in [-0.3, -0.25) is 4.79 Å². The van der Waals surface area contributed by atoms with Crippen LogP contribution in [0.3, 0.4) is 0 Å². The van der Waals surface area contributed by atoms with E-state index in [1.165, 1.54) is 32.4 Å². The zero-order valence-corrected chi connectivity index (χ0v) is 13.0. The molecule has 0 aromatic rings. The monoisotopic (exact) mass is 303 g/mol. The Morgan fingerprint density at radius 2 is 1.90 bits per heavy atom. The molecular formula is C13H25N3O3S. The summed E-state index contributed by atoms with van der Waals surface area (Å²) in [6.45, 7) is 4.83. The van der Waals surface area contributed by atoms with E-state index in [-0.39, 0.29) is 12.5 Å². The van der Waals surface area contributed by atoms with Gasteiger partial charge in [0.15, 0.2) is 0 Å². The highest BCUT2D eigenvalue weighted by atomic mass is 32.2. The van der Waals surface area contributed by atoms with E-state index >= 15 is 0 Å². The summed E-state index contributed by atoms with van der Waals surface area (Å²) >= 11 is 0. The summed E-state index contributed by atoms with van der Waals surface area (Å²) in [4.78, 5) is 16.3. The molecule has 7 heteroatoms. The van der Waals surface area contributed by atoms with Crippen LogP contribution in [0.1, 0.15) is 25.7 Å². The van der Waals surface area contributed by atoms with Crippen molar-refractivity contribution in [1.82, 2.24) is 14.5 Å². The van der Waals surface area contributed by atoms with Crippen LogP contribution in [0.5, 0.6) is 0 Å². The van der Waals surface area contributed by atoms with Crippen molar-refractivity contribution < 1.29 is 13.2 Å². The third kappa shape index (κ3) is 5.03. The first-order valence-electron chi connectivity index (χ1n) is 7.39.